The van der Waals surface area contributed by atoms with E-state index in [1.165, 1.54) is 7.11 Å². The van der Waals surface area contributed by atoms with Crippen LogP contribution in [0.25, 0.3) is 16.9 Å². The Balaban J connectivity index is 1.86. The summed E-state index contributed by atoms with van der Waals surface area (Å²) in [5.74, 6) is 1.73. The number of pyridine rings is 1. The van der Waals surface area contributed by atoms with E-state index >= 15 is 0 Å². The molecule has 0 bridgehead atoms. The number of phenols is 1. The molecule has 2 heterocycles. The normalized spacial score (nSPS) is 11.2. The smallest absolute Gasteiger partial charge is 0.165 e. The Kier molecular flexibility index (Phi) is 6.62. The first-order valence-electron chi connectivity index (χ1n) is 9.63. The number of aliphatic imine (C=N–C) groups is 1. The average molecular weight is 557 g/mol. The van der Waals surface area contributed by atoms with Crippen molar-refractivity contribution in [2.24, 2.45) is 4.99 Å². The number of fused-ring (bicyclic) bond motifs is 1. The van der Waals surface area contributed by atoms with Crippen molar-refractivity contribution in [3.05, 3.63) is 81.9 Å². The first kappa shape index (κ1) is 22.1. The second-order valence-corrected chi connectivity index (χ2v) is 8.53. The third-order valence-electron chi connectivity index (χ3n) is 4.67. The summed E-state index contributed by atoms with van der Waals surface area (Å²) in [7, 11) is 1.51. The van der Waals surface area contributed by atoms with Gasteiger partial charge in [0.1, 0.15) is 23.7 Å². The highest BCUT2D eigenvalue weighted by atomic mass is 79.9. The molecule has 0 unspecified atom stereocenters. The van der Waals surface area contributed by atoms with Crippen molar-refractivity contribution < 1.29 is 14.6 Å². The number of ether oxygens (including phenoxy) is 2. The number of phenolic OH excluding ortho intramolecular Hbond substituents is 1. The molecule has 0 spiro atoms. The zero-order valence-corrected chi connectivity index (χ0v) is 20.3. The minimum atomic E-state index is 0.0630. The molecule has 0 radical (unpaired) electrons. The SMILES string of the molecule is C=CCOc1c(Br)cc(Br)cc1C=Nc1c(-c2ccc(O)c(OC)c2)nc2ccccn12. The van der Waals surface area contributed by atoms with Gasteiger partial charge in [0.05, 0.1) is 11.6 Å². The molecule has 4 aromatic rings. The number of benzene rings is 2. The summed E-state index contributed by atoms with van der Waals surface area (Å²) in [6.45, 7) is 4.09. The maximum absolute atomic E-state index is 9.99. The summed E-state index contributed by atoms with van der Waals surface area (Å²) in [5, 5.41) is 9.99. The predicted octanol–water partition coefficient (Wildman–Crippen LogP) is 6.56. The Morgan fingerprint density at radius 3 is 2.81 bits per heavy atom. The number of halogens is 2. The van der Waals surface area contributed by atoms with Gasteiger partial charge in [-0.25, -0.2) is 9.98 Å². The molecule has 0 aliphatic rings. The number of nitrogens with zero attached hydrogens (tertiary/aromatic N) is 3. The molecule has 4 rings (SSSR count). The van der Waals surface area contributed by atoms with Crippen molar-refractivity contribution in [3.8, 4) is 28.5 Å². The summed E-state index contributed by atoms with van der Waals surface area (Å²) >= 11 is 7.08. The zero-order valence-electron chi connectivity index (χ0n) is 17.1. The highest BCUT2D eigenvalue weighted by Gasteiger charge is 2.16. The molecule has 0 aliphatic heterocycles. The monoisotopic (exact) mass is 555 g/mol. The molecule has 2 aromatic carbocycles. The van der Waals surface area contributed by atoms with Gasteiger partial charge in [-0.3, -0.25) is 4.40 Å². The Morgan fingerprint density at radius 1 is 1.19 bits per heavy atom. The van der Waals surface area contributed by atoms with Crippen LogP contribution in [0.2, 0.25) is 0 Å². The number of methoxy groups -OCH3 is 1. The highest BCUT2D eigenvalue weighted by Crippen LogP contribution is 2.37. The summed E-state index contributed by atoms with van der Waals surface area (Å²) in [5.41, 5.74) is 2.97. The standard InChI is InChI=1S/C24H19Br2N3O3/c1-3-10-32-23-16(11-17(25)13-18(23)26)14-27-24-22(28-21-6-4-5-9-29(21)24)15-7-8-19(30)20(12-15)31-2/h3-9,11-14,30H,1,10H2,2H3. The van der Waals surface area contributed by atoms with Crippen LogP contribution in [0.4, 0.5) is 5.82 Å². The van der Waals surface area contributed by atoms with Gasteiger partial charge in [0.15, 0.2) is 17.3 Å². The molecule has 162 valence electrons. The van der Waals surface area contributed by atoms with E-state index in [4.69, 9.17) is 19.5 Å². The molecule has 0 aliphatic carbocycles. The second-order valence-electron chi connectivity index (χ2n) is 6.76. The zero-order chi connectivity index (χ0) is 22.7. The van der Waals surface area contributed by atoms with E-state index in [0.717, 1.165) is 25.7 Å². The van der Waals surface area contributed by atoms with Gasteiger partial charge < -0.3 is 14.6 Å². The van der Waals surface area contributed by atoms with Crippen LogP contribution in [-0.2, 0) is 0 Å². The van der Waals surface area contributed by atoms with Crippen LogP contribution in [0, 0.1) is 0 Å². The van der Waals surface area contributed by atoms with E-state index in [0.29, 0.717) is 29.6 Å². The van der Waals surface area contributed by atoms with Crippen molar-refractivity contribution in [2.45, 2.75) is 0 Å². The number of hydrogen-bond acceptors (Lipinski definition) is 5. The van der Waals surface area contributed by atoms with Crippen LogP contribution < -0.4 is 9.47 Å². The summed E-state index contributed by atoms with van der Waals surface area (Å²) < 4.78 is 14.7. The van der Waals surface area contributed by atoms with Crippen LogP contribution in [0.3, 0.4) is 0 Å². The quantitative estimate of drug-likeness (QED) is 0.207. The largest absolute Gasteiger partial charge is 0.504 e. The predicted molar refractivity (Wildman–Crippen MR) is 134 cm³/mol. The van der Waals surface area contributed by atoms with E-state index in [2.05, 4.69) is 38.4 Å². The molecular formula is C24H19Br2N3O3. The molecule has 1 N–H and O–H groups in total. The Morgan fingerprint density at radius 2 is 2.03 bits per heavy atom. The lowest BCUT2D eigenvalue weighted by Gasteiger charge is -2.10. The lowest BCUT2D eigenvalue weighted by molar-refractivity contribution is 0.360. The first-order valence-corrected chi connectivity index (χ1v) is 11.2. The number of rotatable bonds is 7. The number of hydrogen-bond donors (Lipinski definition) is 1. The van der Waals surface area contributed by atoms with Crippen molar-refractivity contribution in [2.75, 3.05) is 13.7 Å². The fourth-order valence-electron chi connectivity index (χ4n) is 3.23. The number of imidazole rings is 1. The fourth-order valence-corrected chi connectivity index (χ4v) is 4.60. The molecular weight excluding hydrogens is 538 g/mol. The number of aromatic hydroxyl groups is 1. The van der Waals surface area contributed by atoms with Gasteiger partial charge in [-0.05, 0) is 58.4 Å². The van der Waals surface area contributed by atoms with Crippen LogP contribution in [0.15, 0.2) is 81.3 Å². The van der Waals surface area contributed by atoms with Gasteiger partial charge >= 0.3 is 0 Å². The lowest BCUT2D eigenvalue weighted by atomic mass is 10.1. The molecule has 8 heteroatoms. The average Bonchev–Trinajstić information content (AvgIpc) is 3.16. The summed E-state index contributed by atoms with van der Waals surface area (Å²) in [6, 6.07) is 14.7. The molecule has 0 saturated heterocycles. The minimum Gasteiger partial charge on any atom is -0.504 e. The lowest BCUT2D eigenvalue weighted by Crippen LogP contribution is -1.98. The molecule has 0 atom stereocenters. The molecule has 0 saturated carbocycles. The van der Waals surface area contributed by atoms with Gasteiger partial charge in [-0.1, -0.05) is 34.7 Å². The van der Waals surface area contributed by atoms with Gasteiger partial charge in [-0.15, -0.1) is 0 Å². The fraction of sp³-hybridized carbons (Fsp3) is 0.0833. The third-order valence-corrected chi connectivity index (χ3v) is 5.71. The van der Waals surface area contributed by atoms with E-state index in [-0.39, 0.29) is 5.75 Å². The van der Waals surface area contributed by atoms with Crippen molar-refractivity contribution >= 4 is 49.5 Å². The Hall–Kier alpha value is -3.10. The van der Waals surface area contributed by atoms with Crippen molar-refractivity contribution in [3.63, 3.8) is 0 Å². The maximum atomic E-state index is 9.99. The molecule has 32 heavy (non-hydrogen) atoms. The van der Waals surface area contributed by atoms with E-state index in [1.807, 2.05) is 40.9 Å². The maximum Gasteiger partial charge on any atom is 0.165 e. The number of aromatic nitrogens is 2. The highest BCUT2D eigenvalue weighted by molar-refractivity contribution is 9.11. The summed E-state index contributed by atoms with van der Waals surface area (Å²) in [6.07, 6.45) is 5.34. The molecule has 2 aromatic heterocycles. The molecule has 0 amide bonds. The second kappa shape index (κ2) is 9.58. The first-order chi connectivity index (χ1) is 15.5. The van der Waals surface area contributed by atoms with Crippen LogP contribution in [0.5, 0.6) is 17.2 Å². The molecule has 0 fully saturated rings. The Bertz CT molecular complexity index is 1330. The molecule has 6 nitrogen and oxygen atoms in total. The van der Waals surface area contributed by atoms with Gasteiger partial charge in [0, 0.05) is 28.0 Å². The van der Waals surface area contributed by atoms with Crippen LogP contribution in [-0.4, -0.2) is 34.4 Å². The van der Waals surface area contributed by atoms with E-state index in [9.17, 15) is 5.11 Å². The van der Waals surface area contributed by atoms with Crippen molar-refractivity contribution in [1.82, 2.24) is 9.38 Å². The van der Waals surface area contributed by atoms with Crippen molar-refractivity contribution in [1.29, 1.82) is 0 Å². The third kappa shape index (κ3) is 4.42. The Labute approximate surface area is 202 Å². The van der Waals surface area contributed by atoms with Gasteiger partial charge in [0.2, 0.25) is 0 Å². The van der Waals surface area contributed by atoms with Gasteiger partial charge in [-0.2, -0.15) is 0 Å². The van der Waals surface area contributed by atoms with E-state index in [1.54, 1.807) is 30.5 Å². The topological polar surface area (TPSA) is 68.3 Å². The van der Waals surface area contributed by atoms with Crippen LogP contribution in [0.1, 0.15) is 5.56 Å². The van der Waals surface area contributed by atoms with Crippen LogP contribution >= 0.6 is 31.9 Å². The van der Waals surface area contributed by atoms with E-state index < -0.39 is 0 Å². The van der Waals surface area contributed by atoms with Gasteiger partial charge in [0.25, 0.3) is 0 Å². The minimum absolute atomic E-state index is 0.0630. The summed E-state index contributed by atoms with van der Waals surface area (Å²) in [4.78, 5) is 9.55.